The standard InChI is InChI=1S/C12H22O3/c1-3-4-5-7-11-8-6-9-12(15-11)14-10(2)13/h11-12H,3-9H2,1-2H3. The molecule has 0 saturated carbocycles. The maximum absolute atomic E-state index is 10.8. The summed E-state index contributed by atoms with van der Waals surface area (Å²) in [5, 5.41) is 0. The Morgan fingerprint density at radius 3 is 2.87 bits per heavy atom. The van der Waals surface area contributed by atoms with E-state index in [0.717, 1.165) is 25.7 Å². The molecule has 0 aromatic heterocycles. The van der Waals surface area contributed by atoms with Crippen molar-refractivity contribution in [1.29, 1.82) is 0 Å². The first-order valence-corrected chi connectivity index (χ1v) is 6.05. The minimum atomic E-state index is -0.289. The van der Waals surface area contributed by atoms with Crippen LogP contribution in [0.1, 0.15) is 58.8 Å². The van der Waals surface area contributed by atoms with Gasteiger partial charge >= 0.3 is 5.97 Å². The average Bonchev–Trinajstić information content (AvgIpc) is 2.18. The fourth-order valence-corrected chi connectivity index (χ4v) is 1.97. The van der Waals surface area contributed by atoms with Crippen LogP contribution in [0.15, 0.2) is 0 Å². The van der Waals surface area contributed by atoms with Gasteiger partial charge in [-0.15, -0.1) is 0 Å². The van der Waals surface area contributed by atoms with Gasteiger partial charge in [0.1, 0.15) is 0 Å². The highest BCUT2D eigenvalue weighted by atomic mass is 16.7. The number of carbonyl (C=O) groups excluding carboxylic acids is 1. The van der Waals surface area contributed by atoms with Crippen LogP contribution in [0.4, 0.5) is 0 Å². The molecule has 1 saturated heterocycles. The van der Waals surface area contributed by atoms with Crippen LogP contribution in [0.5, 0.6) is 0 Å². The molecule has 1 heterocycles. The molecule has 88 valence electrons. The number of rotatable bonds is 5. The van der Waals surface area contributed by atoms with E-state index in [9.17, 15) is 4.79 Å². The van der Waals surface area contributed by atoms with Crippen LogP contribution < -0.4 is 0 Å². The predicted octanol–water partition coefficient (Wildman–Crippen LogP) is 3.03. The first-order valence-electron chi connectivity index (χ1n) is 6.05. The molecule has 1 aliphatic heterocycles. The molecule has 0 radical (unpaired) electrons. The van der Waals surface area contributed by atoms with Gasteiger partial charge < -0.3 is 9.47 Å². The largest absolute Gasteiger partial charge is 0.436 e. The van der Waals surface area contributed by atoms with E-state index in [1.54, 1.807) is 0 Å². The highest BCUT2D eigenvalue weighted by Gasteiger charge is 2.23. The van der Waals surface area contributed by atoms with Crippen LogP contribution in [0.25, 0.3) is 0 Å². The highest BCUT2D eigenvalue weighted by molar-refractivity contribution is 5.66. The number of esters is 1. The van der Waals surface area contributed by atoms with E-state index in [4.69, 9.17) is 9.47 Å². The van der Waals surface area contributed by atoms with Crippen molar-refractivity contribution in [3.63, 3.8) is 0 Å². The summed E-state index contributed by atoms with van der Waals surface area (Å²) in [6.45, 7) is 3.63. The summed E-state index contributed by atoms with van der Waals surface area (Å²) >= 11 is 0. The number of ether oxygens (including phenoxy) is 2. The molecular formula is C12H22O3. The molecule has 0 aromatic rings. The van der Waals surface area contributed by atoms with Gasteiger partial charge in [0.25, 0.3) is 0 Å². The van der Waals surface area contributed by atoms with E-state index in [2.05, 4.69) is 6.92 Å². The molecular weight excluding hydrogens is 192 g/mol. The fourth-order valence-electron chi connectivity index (χ4n) is 1.97. The van der Waals surface area contributed by atoms with Crippen LogP contribution >= 0.6 is 0 Å². The minimum absolute atomic E-state index is 0.241. The molecule has 0 aromatic carbocycles. The fraction of sp³-hybridized carbons (Fsp3) is 0.917. The summed E-state index contributed by atoms with van der Waals surface area (Å²) in [5.41, 5.74) is 0. The van der Waals surface area contributed by atoms with Gasteiger partial charge in [0.2, 0.25) is 6.29 Å². The van der Waals surface area contributed by atoms with Crippen molar-refractivity contribution in [3.8, 4) is 0 Å². The van der Waals surface area contributed by atoms with Crippen molar-refractivity contribution in [1.82, 2.24) is 0 Å². The lowest BCUT2D eigenvalue weighted by molar-refractivity contribution is -0.201. The molecule has 1 aliphatic rings. The summed E-state index contributed by atoms with van der Waals surface area (Å²) in [6.07, 6.45) is 7.90. The van der Waals surface area contributed by atoms with Crippen LogP contribution in [-0.4, -0.2) is 18.4 Å². The summed E-state index contributed by atoms with van der Waals surface area (Å²) < 4.78 is 10.8. The Labute approximate surface area is 92.1 Å². The topological polar surface area (TPSA) is 35.5 Å². The van der Waals surface area contributed by atoms with Crippen molar-refractivity contribution in [2.45, 2.75) is 71.2 Å². The lowest BCUT2D eigenvalue weighted by Gasteiger charge is -2.29. The second-order valence-electron chi connectivity index (χ2n) is 4.22. The monoisotopic (exact) mass is 214 g/mol. The molecule has 3 heteroatoms. The number of carbonyl (C=O) groups is 1. The zero-order valence-corrected chi connectivity index (χ0v) is 9.83. The van der Waals surface area contributed by atoms with E-state index in [0.29, 0.717) is 6.10 Å². The molecule has 0 spiro atoms. The molecule has 0 amide bonds. The van der Waals surface area contributed by atoms with E-state index in [-0.39, 0.29) is 12.3 Å². The number of hydrogen-bond donors (Lipinski definition) is 0. The van der Waals surface area contributed by atoms with E-state index >= 15 is 0 Å². The Balaban J connectivity index is 2.19. The van der Waals surface area contributed by atoms with Gasteiger partial charge in [0.05, 0.1) is 6.10 Å². The van der Waals surface area contributed by atoms with Crippen molar-refractivity contribution in [2.75, 3.05) is 0 Å². The van der Waals surface area contributed by atoms with E-state index in [1.165, 1.54) is 26.2 Å². The van der Waals surface area contributed by atoms with Gasteiger partial charge in [-0.3, -0.25) is 4.79 Å². The maximum Gasteiger partial charge on any atom is 0.304 e. The third-order valence-electron chi connectivity index (χ3n) is 2.74. The molecule has 2 atom stereocenters. The highest BCUT2D eigenvalue weighted by Crippen LogP contribution is 2.23. The Hall–Kier alpha value is -0.570. The molecule has 0 bridgehead atoms. The Bertz CT molecular complexity index is 191. The lowest BCUT2D eigenvalue weighted by atomic mass is 10.0. The van der Waals surface area contributed by atoms with Gasteiger partial charge in [-0.2, -0.15) is 0 Å². The average molecular weight is 214 g/mol. The van der Waals surface area contributed by atoms with Gasteiger partial charge in [-0.05, 0) is 19.3 Å². The Morgan fingerprint density at radius 2 is 2.20 bits per heavy atom. The molecule has 0 aliphatic carbocycles. The second kappa shape index (κ2) is 6.83. The SMILES string of the molecule is CCCCCC1CCCC(OC(C)=O)O1. The first kappa shape index (κ1) is 12.5. The third kappa shape index (κ3) is 5.17. The van der Waals surface area contributed by atoms with Crippen LogP contribution in [-0.2, 0) is 14.3 Å². The number of unbranched alkanes of at least 4 members (excludes halogenated alkanes) is 2. The Morgan fingerprint density at radius 1 is 1.40 bits per heavy atom. The van der Waals surface area contributed by atoms with Crippen LogP contribution in [0.3, 0.4) is 0 Å². The van der Waals surface area contributed by atoms with E-state index in [1.807, 2.05) is 0 Å². The smallest absolute Gasteiger partial charge is 0.304 e. The van der Waals surface area contributed by atoms with E-state index < -0.39 is 0 Å². The van der Waals surface area contributed by atoms with Crippen molar-refractivity contribution in [2.24, 2.45) is 0 Å². The zero-order chi connectivity index (χ0) is 11.1. The van der Waals surface area contributed by atoms with Gasteiger partial charge in [0.15, 0.2) is 0 Å². The lowest BCUT2D eigenvalue weighted by Crippen LogP contribution is -2.30. The number of hydrogen-bond acceptors (Lipinski definition) is 3. The predicted molar refractivity (Wildman–Crippen MR) is 58.4 cm³/mol. The van der Waals surface area contributed by atoms with Gasteiger partial charge in [0, 0.05) is 13.3 Å². The minimum Gasteiger partial charge on any atom is -0.436 e. The molecule has 1 fully saturated rings. The van der Waals surface area contributed by atoms with Crippen molar-refractivity contribution < 1.29 is 14.3 Å². The molecule has 0 N–H and O–H groups in total. The van der Waals surface area contributed by atoms with Crippen molar-refractivity contribution in [3.05, 3.63) is 0 Å². The van der Waals surface area contributed by atoms with Gasteiger partial charge in [-0.25, -0.2) is 0 Å². The van der Waals surface area contributed by atoms with Crippen molar-refractivity contribution >= 4 is 5.97 Å². The Kier molecular flexibility index (Phi) is 5.69. The molecule has 2 unspecified atom stereocenters. The first-order chi connectivity index (χ1) is 7.22. The normalized spacial score (nSPS) is 26.3. The second-order valence-corrected chi connectivity index (χ2v) is 4.22. The quantitative estimate of drug-likeness (QED) is 0.521. The van der Waals surface area contributed by atoms with Crippen LogP contribution in [0.2, 0.25) is 0 Å². The maximum atomic E-state index is 10.8. The molecule has 15 heavy (non-hydrogen) atoms. The third-order valence-corrected chi connectivity index (χ3v) is 2.74. The summed E-state index contributed by atoms with van der Waals surface area (Å²) in [4.78, 5) is 10.8. The zero-order valence-electron chi connectivity index (χ0n) is 9.83. The molecule has 3 nitrogen and oxygen atoms in total. The van der Waals surface area contributed by atoms with Crippen LogP contribution in [0, 0.1) is 0 Å². The summed E-state index contributed by atoms with van der Waals surface area (Å²) in [7, 11) is 0. The summed E-state index contributed by atoms with van der Waals surface area (Å²) in [6, 6.07) is 0. The molecule has 1 rings (SSSR count). The van der Waals surface area contributed by atoms with Gasteiger partial charge in [-0.1, -0.05) is 26.2 Å². The summed E-state index contributed by atoms with van der Waals surface area (Å²) in [5.74, 6) is -0.241.